The molecule has 3 N–H and O–H groups in total. The largest absolute Gasteiger partial charge is 0.416 e. The van der Waals surface area contributed by atoms with Gasteiger partial charge in [-0.1, -0.05) is 12.8 Å². The Morgan fingerprint density at radius 3 is 2.57 bits per heavy atom. The van der Waals surface area contributed by atoms with Crippen LogP contribution in [0.2, 0.25) is 0 Å². The second-order valence-corrected chi connectivity index (χ2v) is 5.07. The van der Waals surface area contributed by atoms with Crippen molar-refractivity contribution in [3.63, 3.8) is 0 Å². The Hall–Kier alpha value is -1.76. The maximum absolute atomic E-state index is 12.5. The van der Waals surface area contributed by atoms with Crippen molar-refractivity contribution in [1.82, 2.24) is 0 Å². The number of carbonyl (C=O) groups is 1. The fraction of sp³-hybridized carbons (Fsp3) is 0.500. The predicted octanol–water partition coefficient (Wildman–Crippen LogP) is 3.19. The number of ether oxygens (including phenoxy) is 1. The van der Waals surface area contributed by atoms with Gasteiger partial charge in [0.25, 0.3) is 0 Å². The van der Waals surface area contributed by atoms with Crippen LogP contribution < -0.4 is 11.1 Å². The fourth-order valence-electron chi connectivity index (χ4n) is 2.29. The van der Waals surface area contributed by atoms with Gasteiger partial charge in [-0.3, -0.25) is 4.79 Å². The summed E-state index contributed by atoms with van der Waals surface area (Å²) in [7, 11) is 0. The van der Waals surface area contributed by atoms with Crippen LogP contribution in [0.5, 0.6) is 0 Å². The molecule has 21 heavy (non-hydrogen) atoms. The predicted molar refractivity (Wildman–Crippen MR) is 72.7 cm³/mol. The van der Waals surface area contributed by atoms with E-state index < -0.39 is 17.6 Å². The zero-order valence-corrected chi connectivity index (χ0v) is 11.4. The number of alkyl halides is 3. The third-order valence-electron chi connectivity index (χ3n) is 3.41. The first-order valence-electron chi connectivity index (χ1n) is 6.74. The standard InChI is InChI=1S/C14H17F3N2O2/c15-14(16,17)9-5-6-12(11(18)7-9)19-13(20)8-21-10-3-1-2-4-10/h5-7,10H,1-4,8,18H2,(H,19,20). The van der Waals surface area contributed by atoms with Gasteiger partial charge in [-0.2, -0.15) is 13.2 Å². The average molecular weight is 302 g/mol. The first kappa shape index (κ1) is 15.6. The van der Waals surface area contributed by atoms with Crippen molar-refractivity contribution in [3.8, 4) is 0 Å². The fourth-order valence-corrected chi connectivity index (χ4v) is 2.29. The van der Waals surface area contributed by atoms with E-state index in [0.29, 0.717) is 0 Å². The first-order chi connectivity index (χ1) is 9.86. The monoisotopic (exact) mass is 302 g/mol. The summed E-state index contributed by atoms with van der Waals surface area (Å²) in [6.45, 7) is -0.120. The van der Waals surface area contributed by atoms with Crippen LogP contribution in [-0.2, 0) is 15.7 Å². The molecule has 1 aliphatic carbocycles. The van der Waals surface area contributed by atoms with Crippen LogP contribution in [-0.4, -0.2) is 18.6 Å². The van der Waals surface area contributed by atoms with Crippen molar-refractivity contribution in [2.75, 3.05) is 17.7 Å². The molecule has 2 rings (SSSR count). The van der Waals surface area contributed by atoms with Gasteiger partial charge >= 0.3 is 6.18 Å². The van der Waals surface area contributed by atoms with Gasteiger partial charge < -0.3 is 15.8 Å². The molecule has 1 saturated carbocycles. The van der Waals surface area contributed by atoms with E-state index >= 15 is 0 Å². The van der Waals surface area contributed by atoms with E-state index in [2.05, 4.69) is 5.32 Å². The molecule has 0 aliphatic heterocycles. The zero-order valence-electron chi connectivity index (χ0n) is 11.4. The third kappa shape index (κ3) is 4.35. The van der Waals surface area contributed by atoms with Crippen molar-refractivity contribution in [2.45, 2.75) is 38.0 Å². The molecule has 1 fully saturated rings. The number of hydrogen-bond acceptors (Lipinski definition) is 3. The lowest BCUT2D eigenvalue weighted by atomic mass is 10.1. The molecule has 7 heteroatoms. The lowest BCUT2D eigenvalue weighted by Crippen LogP contribution is -2.22. The number of nitrogens with two attached hydrogens (primary N) is 1. The Labute approximate surface area is 120 Å². The van der Waals surface area contributed by atoms with Gasteiger partial charge in [0, 0.05) is 0 Å². The smallest absolute Gasteiger partial charge is 0.397 e. The van der Waals surface area contributed by atoms with E-state index in [1.807, 2.05) is 0 Å². The molecule has 1 aliphatic rings. The molecule has 0 saturated heterocycles. The van der Waals surface area contributed by atoms with Crippen LogP contribution in [0.4, 0.5) is 24.5 Å². The summed E-state index contributed by atoms with van der Waals surface area (Å²) in [5.41, 5.74) is 4.71. The van der Waals surface area contributed by atoms with Gasteiger partial charge in [-0.25, -0.2) is 0 Å². The first-order valence-corrected chi connectivity index (χ1v) is 6.74. The molecule has 1 amide bonds. The Balaban J connectivity index is 1.91. The summed E-state index contributed by atoms with van der Waals surface area (Å²) < 4.78 is 42.9. The van der Waals surface area contributed by atoms with Crippen LogP contribution in [0.25, 0.3) is 0 Å². The molecule has 0 atom stereocenters. The molecular formula is C14H17F3N2O2. The number of hydrogen-bond donors (Lipinski definition) is 2. The van der Waals surface area contributed by atoms with Crippen LogP contribution >= 0.6 is 0 Å². The minimum Gasteiger partial charge on any atom is -0.397 e. The van der Waals surface area contributed by atoms with Crippen molar-refractivity contribution < 1.29 is 22.7 Å². The Kier molecular flexibility index (Phi) is 4.72. The van der Waals surface area contributed by atoms with E-state index in [9.17, 15) is 18.0 Å². The molecule has 1 aromatic rings. The molecule has 0 bridgehead atoms. The lowest BCUT2D eigenvalue weighted by molar-refractivity contribution is -0.137. The number of halogens is 3. The van der Waals surface area contributed by atoms with E-state index in [1.165, 1.54) is 0 Å². The number of rotatable bonds is 4. The summed E-state index contributed by atoms with van der Waals surface area (Å²) in [4.78, 5) is 11.7. The number of anilines is 2. The average Bonchev–Trinajstić information content (AvgIpc) is 2.91. The summed E-state index contributed by atoms with van der Waals surface area (Å²) in [6, 6.07) is 2.82. The van der Waals surface area contributed by atoms with Crippen LogP contribution in [0.1, 0.15) is 31.2 Å². The summed E-state index contributed by atoms with van der Waals surface area (Å²) >= 11 is 0. The van der Waals surface area contributed by atoms with Gasteiger partial charge in [0.1, 0.15) is 6.61 Å². The minimum atomic E-state index is -4.46. The van der Waals surface area contributed by atoms with Gasteiger partial charge in [0.2, 0.25) is 5.91 Å². The highest BCUT2D eigenvalue weighted by Crippen LogP contribution is 2.32. The van der Waals surface area contributed by atoms with E-state index in [0.717, 1.165) is 43.9 Å². The highest BCUT2D eigenvalue weighted by atomic mass is 19.4. The number of benzene rings is 1. The highest BCUT2D eigenvalue weighted by Gasteiger charge is 2.30. The molecular weight excluding hydrogens is 285 g/mol. The van der Waals surface area contributed by atoms with Crippen LogP contribution in [0, 0.1) is 0 Å². The van der Waals surface area contributed by atoms with E-state index in [1.54, 1.807) is 0 Å². The molecule has 0 aromatic heterocycles. The number of carbonyl (C=O) groups excluding carboxylic acids is 1. The summed E-state index contributed by atoms with van der Waals surface area (Å²) in [6.07, 6.45) is -0.287. The molecule has 1 aromatic carbocycles. The Morgan fingerprint density at radius 1 is 1.33 bits per heavy atom. The van der Waals surface area contributed by atoms with Gasteiger partial charge in [0.15, 0.2) is 0 Å². The maximum atomic E-state index is 12.5. The number of nitrogen functional groups attached to an aromatic ring is 1. The van der Waals surface area contributed by atoms with Crippen molar-refractivity contribution in [1.29, 1.82) is 0 Å². The van der Waals surface area contributed by atoms with Gasteiger partial charge in [-0.15, -0.1) is 0 Å². The quantitative estimate of drug-likeness (QED) is 0.840. The zero-order chi connectivity index (χ0) is 15.5. The normalized spacial score (nSPS) is 16.1. The van der Waals surface area contributed by atoms with Crippen molar-refractivity contribution >= 4 is 17.3 Å². The maximum Gasteiger partial charge on any atom is 0.416 e. The second-order valence-electron chi connectivity index (χ2n) is 5.07. The molecule has 4 nitrogen and oxygen atoms in total. The minimum absolute atomic E-state index is 0.0979. The second kappa shape index (κ2) is 6.34. The number of amides is 1. The van der Waals surface area contributed by atoms with E-state index in [-0.39, 0.29) is 24.1 Å². The van der Waals surface area contributed by atoms with E-state index in [4.69, 9.17) is 10.5 Å². The molecule has 0 spiro atoms. The van der Waals surface area contributed by atoms with Crippen LogP contribution in [0.3, 0.4) is 0 Å². The topological polar surface area (TPSA) is 64.3 Å². The molecule has 0 unspecified atom stereocenters. The molecule has 0 heterocycles. The lowest BCUT2D eigenvalue weighted by Gasteiger charge is -2.13. The van der Waals surface area contributed by atoms with Gasteiger partial charge in [0.05, 0.1) is 23.0 Å². The van der Waals surface area contributed by atoms with Crippen molar-refractivity contribution in [2.24, 2.45) is 0 Å². The van der Waals surface area contributed by atoms with Gasteiger partial charge in [-0.05, 0) is 31.0 Å². The number of nitrogens with one attached hydrogen (secondary N) is 1. The SMILES string of the molecule is Nc1cc(C(F)(F)F)ccc1NC(=O)COC1CCCC1. The summed E-state index contributed by atoms with van der Waals surface area (Å²) in [5.74, 6) is -0.423. The molecule has 0 radical (unpaired) electrons. The Bertz CT molecular complexity index is 511. The third-order valence-corrected chi connectivity index (χ3v) is 3.41. The Morgan fingerprint density at radius 2 is 2.00 bits per heavy atom. The summed E-state index contributed by atoms with van der Waals surface area (Å²) in [5, 5.41) is 2.46. The van der Waals surface area contributed by atoms with Crippen molar-refractivity contribution in [3.05, 3.63) is 23.8 Å². The highest BCUT2D eigenvalue weighted by molar-refractivity contribution is 5.94. The van der Waals surface area contributed by atoms with Crippen LogP contribution in [0.15, 0.2) is 18.2 Å². The molecule has 116 valence electrons.